The lowest BCUT2D eigenvalue weighted by molar-refractivity contribution is -0.123. The molecule has 1 aliphatic heterocycles. The first-order chi connectivity index (χ1) is 15.0. The number of amides is 1. The number of carbonyl (C=O) groups excluding carboxylic acids is 1. The molecule has 1 atom stereocenters. The first-order valence-electron chi connectivity index (χ1n) is 10.9. The van der Waals surface area contributed by atoms with Gasteiger partial charge in [-0.25, -0.2) is 4.68 Å². The molecular weight excluding hydrogens is 396 g/mol. The fraction of sp³-hybridized carbons (Fsp3) is 0.522. The lowest BCUT2D eigenvalue weighted by Gasteiger charge is -2.25. The number of fused-ring (bicyclic) bond motifs is 1. The molecule has 0 spiro atoms. The number of nitrogens with one attached hydrogen (secondary N) is 1. The van der Waals surface area contributed by atoms with Gasteiger partial charge < -0.3 is 15.2 Å². The lowest BCUT2D eigenvalue weighted by atomic mass is 9.86. The molecule has 1 aliphatic carbocycles. The Bertz CT molecular complexity index is 903. The number of ether oxygens (including phenoxy) is 1. The maximum absolute atomic E-state index is 12.5. The van der Waals surface area contributed by atoms with Crippen molar-refractivity contribution in [2.24, 2.45) is 5.92 Å². The van der Waals surface area contributed by atoms with Crippen LogP contribution >= 0.6 is 0 Å². The van der Waals surface area contributed by atoms with Gasteiger partial charge in [-0.05, 0) is 43.5 Å². The summed E-state index contributed by atoms with van der Waals surface area (Å²) in [7, 11) is 1.72. The highest BCUT2D eigenvalue weighted by Gasteiger charge is 2.32. The summed E-state index contributed by atoms with van der Waals surface area (Å²) in [5, 5.41) is 14.5. The molecule has 8 heteroatoms. The second kappa shape index (κ2) is 10.4. The monoisotopic (exact) mass is 428 g/mol. The van der Waals surface area contributed by atoms with Gasteiger partial charge in [-0.1, -0.05) is 26.0 Å². The third kappa shape index (κ3) is 5.44. The number of anilines is 1. The number of aromatic nitrogens is 2. The summed E-state index contributed by atoms with van der Waals surface area (Å²) in [4.78, 5) is 23.2. The average Bonchev–Trinajstić information content (AvgIpc) is 3.51. The molecule has 0 radical (unpaired) electrons. The summed E-state index contributed by atoms with van der Waals surface area (Å²) in [6.45, 7) is 7.83. The van der Waals surface area contributed by atoms with E-state index >= 15 is 0 Å². The van der Waals surface area contributed by atoms with Gasteiger partial charge in [0.05, 0.1) is 13.3 Å². The Labute approximate surface area is 183 Å². The van der Waals surface area contributed by atoms with Gasteiger partial charge in [0.2, 0.25) is 5.91 Å². The van der Waals surface area contributed by atoms with E-state index in [4.69, 9.17) is 14.6 Å². The van der Waals surface area contributed by atoms with E-state index in [-0.39, 0.29) is 18.3 Å². The Morgan fingerprint density at radius 1 is 1.32 bits per heavy atom. The van der Waals surface area contributed by atoms with Crippen LogP contribution in [0.25, 0.3) is 0 Å². The highest BCUT2D eigenvalue weighted by atomic mass is 16.5. The quantitative estimate of drug-likeness (QED) is 0.626. The van der Waals surface area contributed by atoms with Gasteiger partial charge >= 0.3 is 0 Å². The number of benzene rings is 1. The minimum Gasteiger partial charge on any atom is -0.496 e. The van der Waals surface area contributed by atoms with Gasteiger partial charge in [0.25, 0.3) is 6.47 Å². The van der Waals surface area contributed by atoms with Crippen LogP contribution in [-0.2, 0) is 22.7 Å². The molecule has 2 N–H and O–H groups in total. The highest BCUT2D eigenvalue weighted by Crippen LogP contribution is 2.40. The van der Waals surface area contributed by atoms with Crippen molar-refractivity contribution in [1.29, 1.82) is 0 Å². The van der Waals surface area contributed by atoms with Crippen molar-refractivity contribution >= 4 is 18.2 Å². The summed E-state index contributed by atoms with van der Waals surface area (Å²) < 4.78 is 7.58. The van der Waals surface area contributed by atoms with Gasteiger partial charge in [0, 0.05) is 36.6 Å². The van der Waals surface area contributed by atoms with Crippen molar-refractivity contribution in [3.63, 3.8) is 0 Å². The number of carbonyl (C=O) groups is 2. The zero-order chi connectivity index (χ0) is 22.4. The minimum absolute atomic E-state index is 0.0399. The van der Waals surface area contributed by atoms with Crippen LogP contribution in [0.4, 0.5) is 5.82 Å². The Morgan fingerprint density at radius 2 is 2.03 bits per heavy atom. The summed E-state index contributed by atoms with van der Waals surface area (Å²) in [5.74, 6) is 2.60. The highest BCUT2D eigenvalue weighted by molar-refractivity contribution is 5.94. The van der Waals surface area contributed by atoms with E-state index in [1.54, 1.807) is 7.11 Å². The molecule has 0 bridgehead atoms. The normalized spacial score (nSPS) is 17.4. The number of methoxy groups -OCH3 is 1. The Kier molecular flexibility index (Phi) is 7.68. The Morgan fingerprint density at radius 3 is 2.65 bits per heavy atom. The van der Waals surface area contributed by atoms with Crippen molar-refractivity contribution in [2.75, 3.05) is 25.5 Å². The molecule has 1 aromatic carbocycles. The van der Waals surface area contributed by atoms with Crippen LogP contribution in [0.2, 0.25) is 0 Å². The predicted molar refractivity (Wildman–Crippen MR) is 118 cm³/mol. The molecule has 2 aliphatic rings. The van der Waals surface area contributed by atoms with Crippen LogP contribution in [0.1, 0.15) is 55.7 Å². The molecule has 1 unspecified atom stereocenters. The van der Waals surface area contributed by atoms with Crippen LogP contribution < -0.4 is 10.1 Å². The van der Waals surface area contributed by atoms with E-state index in [1.165, 1.54) is 18.4 Å². The van der Waals surface area contributed by atoms with Crippen molar-refractivity contribution in [1.82, 2.24) is 14.7 Å². The lowest BCUT2D eigenvalue weighted by Crippen LogP contribution is -2.25. The molecule has 1 amide bonds. The van der Waals surface area contributed by atoms with Crippen molar-refractivity contribution in [3.05, 3.63) is 41.1 Å². The fourth-order valence-corrected chi connectivity index (χ4v) is 4.08. The van der Waals surface area contributed by atoms with Crippen LogP contribution in [0.5, 0.6) is 5.75 Å². The van der Waals surface area contributed by atoms with Crippen LogP contribution in [0.3, 0.4) is 0 Å². The largest absolute Gasteiger partial charge is 0.496 e. The van der Waals surface area contributed by atoms with Crippen LogP contribution in [0.15, 0.2) is 24.4 Å². The maximum Gasteiger partial charge on any atom is 0.290 e. The second-order valence-corrected chi connectivity index (χ2v) is 8.02. The fourth-order valence-electron chi connectivity index (χ4n) is 4.08. The molecule has 4 rings (SSSR count). The number of nitrogens with zero attached hydrogens (tertiary/aromatic N) is 3. The van der Waals surface area contributed by atoms with Crippen LogP contribution in [0, 0.1) is 5.92 Å². The summed E-state index contributed by atoms with van der Waals surface area (Å²) in [5.41, 5.74) is 3.45. The third-order valence-electron chi connectivity index (χ3n) is 6.01. The number of hydrogen-bond donors (Lipinski definition) is 2. The zero-order valence-electron chi connectivity index (χ0n) is 18.5. The van der Waals surface area contributed by atoms with Gasteiger partial charge in [-0.3, -0.25) is 14.5 Å². The smallest absolute Gasteiger partial charge is 0.290 e. The number of rotatable bonds is 8. The topological polar surface area (TPSA) is 96.7 Å². The third-order valence-corrected chi connectivity index (χ3v) is 6.01. The van der Waals surface area contributed by atoms with Crippen LogP contribution in [-0.4, -0.2) is 52.4 Å². The first-order valence-corrected chi connectivity index (χ1v) is 10.9. The summed E-state index contributed by atoms with van der Waals surface area (Å²) in [6.07, 6.45) is 4.92. The molecule has 1 fully saturated rings. The number of hydrogen-bond acceptors (Lipinski definition) is 5. The molecule has 31 heavy (non-hydrogen) atoms. The zero-order valence-corrected chi connectivity index (χ0v) is 18.5. The van der Waals surface area contributed by atoms with Crippen molar-refractivity contribution < 1.29 is 19.4 Å². The standard InChI is InChI=1S/C22H30N4O2.CH2O2/c1-4-25(5-2)14-17-10-16(8-9-20(17)28-3)18-11-21(27)24-22-19(18)12-23-26(22)13-15-6-7-15;2-1-3/h8-10,12,15,18H,4-7,11,13-14H2,1-3H3,(H,24,27);1H,(H,2,3). The Hall–Kier alpha value is -2.87. The van der Waals surface area contributed by atoms with E-state index < -0.39 is 0 Å². The number of carboxylic acid groups (broad SMARTS) is 1. The molecule has 1 saturated carbocycles. The van der Waals surface area contributed by atoms with Crippen molar-refractivity contribution in [3.8, 4) is 5.75 Å². The van der Waals surface area contributed by atoms with Gasteiger partial charge in [-0.2, -0.15) is 5.10 Å². The van der Waals surface area contributed by atoms with E-state index in [9.17, 15) is 4.79 Å². The maximum atomic E-state index is 12.5. The minimum atomic E-state index is -0.250. The van der Waals surface area contributed by atoms with Crippen molar-refractivity contribution in [2.45, 2.75) is 52.1 Å². The van der Waals surface area contributed by atoms with E-state index in [1.807, 2.05) is 16.9 Å². The second-order valence-electron chi connectivity index (χ2n) is 8.02. The Balaban J connectivity index is 0.000000858. The molecular formula is C23H32N4O4. The van der Waals surface area contributed by atoms with E-state index in [0.717, 1.165) is 48.9 Å². The van der Waals surface area contributed by atoms with E-state index in [2.05, 4.69) is 41.3 Å². The molecule has 2 heterocycles. The predicted octanol–water partition coefficient (Wildman–Crippen LogP) is 3.32. The molecule has 0 saturated heterocycles. The first kappa shape index (κ1) is 22.8. The molecule has 8 nitrogen and oxygen atoms in total. The molecule has 1 aromatic heterocycles. The van der Waals surface area contributed by atoms with E-state index in [0.29, 0.717) is 12.3 Å². The summed E-state index contributed by atoms with van der Waals surface area (Å²) in [6, 6.07) is 6.34. The van der Waals surface area contributed by atoms with Gasteiger partial charge in [0.15, 0.2) is 0 Å². The molecule has 2 aromatic rings. The molecule has 168 valence electrons. The SMILES string of the molecule is CCN(CC)Cc1cc(C2CC(=O)Nc3c2cnn3CC2CC2)ccc1OC.O=CO. The van der Waals surface area contributed by atoms with Gasteiger partial charge in [0.1, 0.15) is 11.6 Å². The summed E-state index contributed by atoms with van der Waals surface area (Å²) >= 11 is 0. The van der Waals surface area contributed by atoms with Gasteiger partial charge in [-0.15, -0.1) is 0 Å². The average molecular weight is 429 g/mol.